The molecule has 0 N–H and O–H groups in total. The third-order valence-corrected chi connectivity index (χ3v) is 3.81. The topological polar surface area (TPSA) is 57.9 Å². The van der Waals surface area contributed by atoms with Gasteiger partial charge in [-0.1, -0.05) is 0 Å². The molecule has 0 spiro atoms. The van der Waals surface area contributed by atoms with Crippen molar-refractivity contribution in [2.45, 2.75) is 23.7 Å². The maximum atomic E-state index is 11.3. The molecule has 0 amide bonds. The number of hydrogen-bond donors (Lipinski definition) is 0. The molecule has 0 unspecified atom stereocenters. The zero-order valence-electron chi connectivity index (χ0n) is 7.77. The summed E-state index contributed by atoms with van der Waals surface area (Å²) in [6, 6.07) is 6.49. The molecule has 1 aromatic carbocycles. The minimum Gasteiger partial charge on any atom is -0.207 e. The lowest BCUT2D eigenvalue weighted by molar-refractivity contribution is 0.608. The van der Waals surface area contributed by atoms with Gasteiger partial charge >= 0.3 is 0 Å². The standard InChI is InChI=1S/C10H8ClNO2S/c11-15(13,14)10-4-1-7(6-12)5-9(10)8-2-3-8/h1,4-5,8H,2-3H2. The van der Waals surface area contributed by atoms with E-state index in [-0.39, 0.29) is 10.8 Å². The Morgan fingerprint density at radius 1 is 1.40 bits per heavy atom. The maximum Gasteiger partial charge on any atom is 0.261 e. The molecule has 2 rings (SSSR count). The Morgan fingerprint density at radius 3 is 2.53 bits per heavy atom. The molecule has 0 aromatic heterocycles. The molecule has 0 saturated heterocycles. The lowest BCUT2D eigenvalue weighted by atomic mass is 10.1. The van der Waals surface area contributed by atoms with Crippen molar-refractivity contribution in [1.82, 2.24) is 0 Å². The maximum absolute atomic E-state index is 11.3. The number of rotatable bonds is 2. The highest BCUT2D eigenvalue weighted by atomic mass is 35.7. The van der Waals surface area contributed by atoms with Gasteiger partial charge in [0.25, 0.3) is 9.05 Å². The summed E-state index contributed by atoms with van der Waals surface area (Å²) in [5.74, 6) is 0.252. The summed E-state index contributed by atoms with van der Waals surface area (Å²) in [7, 11) is 1.62. The summed E-state index contributed by atoms with van der Waals surface area (Å²) in [6.45, 7) is 0. The van der Waals surface area contributed by atoms with E-state index in [1.807, 2.05) is 6.07 Å². The Bertz CT molecular complexity index is 541. The fourth-order valence-electron chi connectivity index (χ4n) is 1.55. The molecule has 15 heavy (non-hydrogen) atoms. The summed E-state index contributed by atoms with van der Waals surface area (Å²) in [4.78, 5) is 0.144. The van der Waals surface area contributed by atoms with Crippen molar-refractivity contribution in [2.24, 2.45) is 0 Å². The third-order valence-electron chi connectivity index (χ3n) is 2.42. The highest BCUT2D eigenvalue weighted by molar-refractivity contribution is 8.13. The van der Waals surface area contributed by atoms with Crippen molar-refractivity contribution in [3.8, 4) is 6.07 Å². The van der Waals surface area contributed by atoms with Crippen LogP contribution in [0.3, 0.4) is 0 Å². The first kappa shape index (κ1) is 10.5. The fourth-order valence-corrected chi connectivity index (χ4v) is 2.71. The molecule has 0 bridgehead atoms. The number of hydrogen-bond acceptors (Lipinski definition) is 3. The molecule has 1 saturated carbocycles. The number of nitriles is 1. The van der Waals surface area contributed by atoms with Gasteiger partial charge in [-0.25, -0.2) is 8.42 Å². The van der Waals surface area contributed by atoms with Crippen LogP contribution in [0.25, 0.3) is 0 Å². The molecule has 0 heterocycles. The van der Waals surface area contributed by atoms with E-state index in [0.29, 0.717) is 11.1 Å². The van der Waals surface area contributed by atoms with Gasteiger partial charge in [-0.15, -0.1) is 0 Å². The normalized spacial score (nSPS) is 16.0. The van der Waals surface area contributed by atoms with Gasteiger partial charge < -0.3 is 0 Å². The van der Waals surface area contributed by atoms with Crippen LogP contribution in [0.1, 0.15) is 29.9 Å². The molecule has 1 aliphatic carbocycles. The first-order valence-electron chi connectivity index (χ1n) is 4.51. The average molecular weight is 242 g/mol. The van der Waals surface area contributed by atoms with Crippen molar-refractivity contribution in [3.63, 3.8) is 0 Å². The summed E-state index contributed by atoms with van der Waals surface area (Å²) < 4.78 is 22.5. The monoisotopic (exact) mass is 241 g/mol. The number of nitrogens with zero attached hydrogens (tertiary/aromatic N) is 1. The molecule has 78 valence electrons. The van der Waals surface area contributed by atoms with Crippen molar-refractivity contribution in [3.05, 3.63) is 29.3 Å². The Hall–Kier alpha value is -1.05. The molecule has 5 heteroatoms. The zero-order valence-corrected chi connectivity index (χ0v) is 9.35. The highest BCUT2D eigenvalue weighted by Crippen LogP contribution is 2.43. The van der Waals surface area contributed by atoms with E-state index in [9.17, 15) is 8.42 Å². The van der Waals surface area contributed by atoms with E-state index < -0.39 is 9.05 Å². The predicted molar refractivity (Wildman–Crippen MR) is 56.2 cm³/mol. The Kier molecular flexibility index (Phi) is 2.45. The molecule has 0 radical (unpaired) electrons. The molecular weight excluding hydrogens is 234 g/mol. The number of halogens is 1. The van der Waals surface area contributed by atoms with E-state index in [1.165, 1.54) is 12.1 Å². The van der Waals surface area contributed by atoms with Crippen molar-refractivity contribution in [1.29, 1.82) is 5.26 Å². The molecular formula is C10H8ClNO2S. The van der Waals surface area contributed by atoms with Crippen molar-refractivity contribution < 1.29 is 8.42 Å². The summed E-state index contributed by atoms with van der Waals surface area (Å²) in [5, 5.41) is 8.73. The van der Waals surface area contributed by atoms with Gasteiger partial charge in [0.1, 0.15) is 0 Å². The largest absolute Gasteiger partial charge is 0.261 e. The SMILES string of the molecule is N#Cc1ccc(S(=O)(=O)Cl)c(C2CC2)c1. The van der Waals surface area contributed by atoms with Crippen LogP contribution in [-0.2, 0) is 9.05 Å². The van der Waals surface area contributed by atoms with Crippen LogP contribution in [0.2, 0.25) is 0 Å². The molecule has 0 atom stereocenters. The number of benzene rings is 1. The van der Waals surface area contributed by atoms with Crippen molar-refractivity contribution >= 4 is 19.7 Å². The first-order chi connectivity index (χ1) is 7.02. The third kappa shape index (κ3) is 2.14. The van der Waals surface area contributed by atoms with E-state index in [1.54, 1.807) is 6.07 Å². The minimum atomic E-state index is -3.70. The molecule has 1 aliphatic rings. The average Bonchev–Trinajstić information content (AvgIpc) is 2.98. The highest BCUT2D eigenvalue weighted by Gasteiger charge is 2.29. The second-order valence-corrected chi connectivity index (χ2v) is 6.11. The summed E-state index contributed by atoms with van der Waals surface area (Å²) in [6.07, 6.45) is 1.93. The smallest absolute Gasteiger partial charge is 0.207 e. The van der Waals surface area contributed by atoms with Gasteiger partial charge in [0.2, 0.25) is 0 Å². The van der Waals surface area contributed by atoms with E-state index in [2.05, 4.69) is 0 Å². The predicted octanol–water partition coefficient (Wildman–Crippen LogP) is 2.36. The lowest BCUT2D eigenvalue weighted by Crippen LogP contribution is -1.97. The van der Waals surface area contributed by atoms with Crippen LogP contribution in [-0.4, -0.2) is 8.42 Å². The second kappa shape index (κ2) is 3.51. The van der Waals surface area contributed by atoms with Crippen molar-refractivity contribution in [2.75, 3.05) is 0 Å². The van der Waals surface area contributed by atoms with Gasteiger partial charge in [-0.3, -0.25) is 0 Å². The second-order valence-electron chi connectivity index (χ2n) is 3.58. The van der Waals surface area contributed by atoms with E-state index in [0.717, 1.165) is 12.8 Å². The quantitative estimate of drug-likeness (QED) is 0.747. The van der Waals surface area contributed by atoms with Gasteiger partial charge in [0, 0.05) is 10.7 Å². The molecule has 1 aromatic rings. The van der Waals surface area contributed by atoms with Crippen LogP contribution in [0.4, 0.5) is 0 Å². The van der Waals surface area contributed by atoms with Gasteiger partial charge in [-0.2, -0.15) is 5.26 Å². The lowest BCUT2D eigenvalue weighted by Gasteiger charge is -2.05. The van der Waals surface area contributed by atoms with Crippen LogP contribution < -0.4 is 0 Å². The van der Waals surface area contributed by atoms with E-state index in [4.69, 9.17) is 15.9 Å². The summed E-state index contributed by atoms with van der Waals surface area (Å²) >= 11 is 0. The van der Waals surface area contributed by atoms with Crippen LogP contribution in [0.5, 0.6) is 0 Å². The molecule has 3 nitrogen and oxygen atoms in total. The van der Waals surface area contributed by atoms with E-state index >= 15 is 0 Å². The zero-order chi connectivity index (χ0) is 11.1. The van der Waals surface area contributed by atoms with Crippen LogP contribution in [0, 0.1) is 11.3 Å². The van der Waals surface area contributed by atoms with Gasteiger partial charge in [-0.05, 0) is 42.5 Å². The minimum absolute atomic E-state index is 0.144. The van der Waals surface area contributed by atoms with Crippen LogP contribution >= 0.6 is 10.7 Å². The van der Waals surface area contributed by atoms with Crippen LogP contribution in [0.15, 0.2) is 23.1 Å². The van der Waals surface area contributed by atoms with Gasteiger partial charge in [0.05, 0.1) is 16.5 Å². The Labute approximate surface area is 92.7 Å². The summed E-state index contributed by atoms with van der Waals surface area (Å²) in [5.41, 5.74) is 1.16. The first-order valence-corrected chi connectivity index (χ1v) is 6.82. The Balaban J connectivity index is 2.61. The molecule has 1 fully saturated rings. The Morgan fingerprint density at radius 2 is 2.07 bits per heavy atom. The fraction of sp³-hybridized carbons (Fsp3) is 0.300. The van der Waals surface area contributed by atoms with Gasteiger partial charge in [0.15, 0.2) is 0 Å². The molecule has 0 aliphatic heterocycles.